The van der Waals surface area contributed by atoms with Crippen molar-refractivity contribution in [2.75, 3.05) is 19.3 Å². The first-order valence-corrected chi connectivity index (χ1v) is 7.59. The van der Waals surface area contributed by atoms with Crippen molar-refractivity contribution in [2.45, 2.75) is 24.8 Å². The first-order valence-electron chi connectivity index (χ1n) is 5.36. The van der Waals surface area contributed by atoms with E-state index in [0.717, 1.165) is 4.31 Å². The van der Waals surface area contributed by atoms with Gasteiger partial charge in [-0.25, -0.2) is 8.42 Å². The summed E-state index contributed by atoms with van der Waals surface area (Å²) >= 11 is 3.25. The molecule has 0 fully saturated rings. The van der Waals surface area contributed by atoms with E-state index < -0.39 is 16.1 Å². The molecule has 0 aliphatic carbocycles. The van der Waals surface area contributed by atoms with Crippen LogP contribution in [0, 0.1) is 6.92 Å². The van der Waals surface area contributed by atoms with Crippen molar-refractivity contribution in [3.05, 3.63) is 22.2 Å². The van der Waals surface area contributed by atoms with Gasteiger partial charge >= 0.3 is 0 Å². The first-order chi connectivity index (χ1) is 8.16. The third-order valence-corrected chi connectivity index (χ3v) is 5.16. The Kier molecular flexibility index (Phi) is 4.77. The molecular formula is C11H17BrN2O3S. The average Bonchev–Trinajstić information content (AvgIpc) is 2.22. The topological polar surface area (TPSA) is 83.6 Å². The fourth-order valence-electron chi connectivity index (χ4n) is 1.58. The lowest BCUT2D eigenvalue weighted by Crippen LogP contribution is -2.33. The van der Waals surface area contributed by atoms with Crippen LogP contribution in [0.1, 0.15) is 12.5 Å². The molecule has 1 unspecified atom stereocenters. The molecule has 0 spiro atoms. The molecule has 0 heterocycles. The van der Waals surface area contributed by atoms with E-state index in [4.69, 9.17) is 5.73 Å². The monoisotopic (exact) mass is 336 g/mol. The van der Waals surface area contributed by atoms with E-state index in [-0.39, 0.29) is 11.4 Å². The molecule has 0 saturated carbocycles. The molecule has 0 amide bonds. The molecule has 1 aromatic carbocycles. The van der Waals surface area contributed by atoms with Crippen molar-refractivity contribution in [1.29, 1.82) is 0 Å². The summed E-state index contributed by atoms with van der Waals surface area (Å²) < 4.78 is 26.4. The zero-order valence-electron chi connectivity index (χ0n) is 10.5. The molecule has 18 heavy (non-hydrogen) atoms. The Bertz CT molecular complexity index is 543. The molecule has 7 heteroatoms. The lowest BCUT2D eigenvalue weighted by Gasteiger charge is -2.20. The molecule has 5 nitrogen and oxygen atoms in total. The van der Waals surface area contributed by atoms with Crippen molar-refractivity contribution >= 4 is 31.6 Å². The van der Waals surface area contributed by atoms with Gasteiger partial charge in [0, 0.05) is 23.8 Å². The molecule has 0 bridgehead atoms. The van der Waals surface area contributed by atoms with Crippen LogP contribution < -0.4 is 5.73 Å². The van der Waals surface area contributed by atoms with E-state index >= 15 is 0 Å². The van der Waals surface area contributed by atoms with Gasteiger partial charge in [-0.05, 0) is 47.5 Å². The molecular weight excluding hydrogens is 320 g/mol. The second kappa shape index (κ2) is 5.56. The highest BCUT2D eigenvalue weighted by molar-refractivity contribution is 9.10. The maximum absolute atomic E-state index is 12.3. The third kappa shape index (κ3) is 3.23. The SMILES string of the molecule is Cc1cc(Br)c(N)cc1S(=O)(=O)N(C)CC(C)O. The van der Waals surface area contributed by atoms with Crippen LogP contribution in [0.15, 0.2) is 21.5 Å². The van der Waals surface area contributed by atoms with Gasteiger partial charge in [-0.1, -0.05) is 0 Å². The van der Waals surface area contributed by atoms with Crippen LogP contribution >= 0.6 is 15.9 Å². The Hall–Kier alpha value is -0.630. The van der Waals surface area contributed by atoms with Gasteiger partial charge in [-0.2, -0.15) is 4.31 Å². The third-order valence-electron chi connectivity index (χ3n) is 2.50. The van der Waals surface area contributed by atoms with Crippen LogP contribution in [0.5, 0.6) is 0 Å². The van der Waals surface area contributed by atoms with Gasteiger partial charge in [0.15, 0.2) is 0 Å². The van der Waals surface area contributed by atoms with Crippen molar-refractivity contribution in [2.24, 2.45) is 0 Å². The first kappa shape index (κ1) is 15.4. The molecule has 0 radical (unpaired) electrons. The molecule has 0 aliphatic heterocycles. The maximum atomic E-state index is 12.3. The Labute approximate surface area is 116 Å². The summed E-state index contributed by atoms with van der Waals surface area (Å²) in [6.45, 7) is 3.28. The van der Waals surface area contributed by atoms with Gasteiger partial charge in [-0.15, -0.1) is 0 Å². The Morgan fingerprint density at radius 2 is 2.06 bits per heavy atom. The number of rotatable bonds is 4. The smallest absolute Gasteiger partial charge is 0.243 e. The second-order valence-corrected chi connectivity index (χ2v) is 7.14. The quantitative estimate of drug-likeness (QED) is 0.812. The molecule has 0 aromatic heterocycles. The molecule has 0 saturated heterocycles. The number of likely N-dealkylation sites (N-methyl/N-ethyl adjacent to an activating group) is 1. The van der Waals surface area contributed by atoms with E-state index in [0.29, 0.717) is 15.7 Å². The van der Waals surface area contributed by atoms with Gasteiger partial charge in [-0.3, -0.25) is 0 Å². The molecule has 1 aromatic rings. The number of benzene rings is 1. The van der Waals surface area contributed by atoms with Crippen LogP contribution in [0.25, 0.3) is 0 Å². The van der Waals surface area contributed by atoms with Crippen LogP contribution in [0.4, 0.5) is 5.69 Å². The van der Waals surface area contributed by atoms with Crippen LogP contribution in [-0.4, -0.2) is 37.5 Å². The number of aryl methyl sites for hydroxylation is 1. The molecule has 1 atom stereocenters. The molecule has 1 rings (SSSR count). The minimum Gasteiger partial charge on any atom is -0.398 e. The number of anilines is 1. The zero-order chi connectivity index (χ0) is 14.1. The largest absolute Gasteiger partial charge is 0.398 e. The van der Waals surface area contributed by atoms with E-state index in [2.05, 4.69) is 15.9 Å². The highest BCUT2D eigenvalue weighted by Crippen LogP contribution is 2.28. The Balaban J connectivity index is 3.24. The molecule has 0 aliphatic rings. The summed E-state index contributed by atoms with van der Waals surface area (Å²) in [6, 6.07) is 3.09. The lowest BCUT2D eigenvalue weighted by molar-refractivity contribution is 0.171. The normalized spacial score (nSPS) is 13.9. The van der Waals surface area contributed by atoms with Crippen molar-refractivity contribution < 1.29 is 13.5 Å². The van der Waals surface area contributed by atoms with E-state index in [1.165, 1.54) is 20.0 Å². The van der Waals surface area contributed by atoms with Gasteiger partial charge in [0.05, 0.1) is 11.0 Å². The minimum absolute atomic E-state index is 0.0394. The maximum Gasteiger partial charge on any atom is 0.243 e. The standard InChI is InChI=1S/C11H17BrN2O3S/c1-7-4-9(12)10(13)5-11(7)18(16,17)14(3)6-8(2)15/h4-5,8,15H,6,13H2,1-3H3. The van der Waals surface area contributed by atoms with Crippen molar-refractivity contribution in [3.8, 4) is 0 Å². The number of sulfonamides is 1. The highest BCUT2D eigenvalue weighted by atomic mass is 79.9. The van der Waals surface area contributed by atoms with Crippen molar-refractivity contribution in [3.63, 3.8) is 0 Å². The Morgan fingerprint density at radius 1 is 1.50 bits per heavy atom. The van der Waals surface area contributed by atoms with E-state index in [1.807, 2.05) is 0 Å². The Morgan fingerprint density at radius 3 is 2.56 bits per heavy atom. The van der Waals surface area contributed by atoms with Crippen LogP contribution in [0.2, 0.25) is 0 Å². The lowest BCUT2D eigenvalue weighted by atomic mass is 10.2. The number of nitrogen functional groups attached to an aromatic ring is 1. The summed E-state index contributed by atoms with van der Waals surface area (Å²) in [7, 11) is -2.20. The number of nitrogens with two attached hydrogens (primary N) is 1. The number of aliphatic hydroxyl groups excluding tert-OH is 1. The van der Waals surface area contributed by atoms with Crippen molar-refractivity contribution in [1.82, 2.24) is 4.31 Å². The predicted octanol–water partition coefficient (Wildman–Crippen LogP) is 1.34. The van der Waals surface area contributed by atoms with E-state index in [9.17, 15) is 13.5 Å². The number of nitrogens with zero attached hydrogens (tertiary/aromatic N) is 1. The fourth-order valence-corrected chi connectivity index (χ4v) is 3.53. The van der Waals surface area contributed by atoms with Gasteiger partial charge in [0.1, 0.15) is 0 Å². The van der Waals surface area contributed by atoms with Crippen LogP contribution in [-0.2, 0) is 10.0 Å². The number of hydrogen-bond acceptors (Lipinski definition) is 4. The van der Waals surface area contributed by atoms with Gasteiger partial charge in [0.25, 0.3) is 0 Å². The number of halogens is 1. The molecule has 3 N–H and O–H groups in total. The summed E-state index contributed by atoms with van der Waals surface area (Å²) in [4.78, 5) is 0.159. The number of aliphatic hydroxyl groups is 1. The van der Waals surface area contributed by atoms with E-state index in [1.54, 1.807) is 13.0 Å². The minimum atomic E-state index is -3.63. The summed E-state index contributed by atoms with van der Waals surface area (Å²) in [5.74, 6) is 0. The van der Waals surface area contributed by atoms with Gasteiger partial charge in [0.2, 0.25) is 10.0 Å². The highest BCUT2D eigenvalue weighted by Gasteiger charge is 2.24. The summed E-state index contributed by atoms with van der Waals surface area (Å²) in [6.07, 6.45) is -0.724. The summed E-state index contributed by atoms with van der Waals surface area (Å²) in [5.41, 5.74) is 6.68. The number of hydrogen-bond donors (Lipinski definition) is 2. The predicted molar refractivity (Wildman–Crippen MR) is 74.8 cm³/mol. The average molecular weight is 337 g/mol. The van der Waals surface area contributed by atoms with Crippen LogP contribution in [0.3, 0.4) is 0 Å². The zero-order valence-corrected chi connectivity index (χ0v) is 12.9. The second-order valence-electron chi connectivity index (χ2n) is 4.27. The summed E-state index contributed by atoms with van der Waals surface area (Å²) in [5, 5.41) is 9.26. The van der Waals surface area contributed by atoms with Gasteiger partial charge < -0.3 is 10.8 Å². The molecule has 102 valence electrons. The fraction of sp³-hybridized carbons (Fsp3) is 0.455.